The summed E-state index contributed by atoms with van der Waals surface area (Å²) in [5, 5.41) is 5.79. The molecular formula is C38H57N3O6. The first-order valence-corrected chi connectivity index (χ1v) is 16.7. The van der Waals surface area contributed by atoms with Crippen molar-refractivity contribution < 1.29 is 28.7 Å². The Morgan fingerprint density at radius 1 is 0.809 bits per heavy atom. The Morgan fingerprint density at radius 2 is 1.40 bits per heavy atom. The molecule has 260 valence electrons. The van der Waals surface area contributed by atoms with Gasteiger partial charge in [-0.05, 0) is 91.3 Å². The molecule has 0 radical (unpaired) electrons. The predicted octanol–water partition coefficient (Wildman–Crippen LogP) is 6.98. The molecule has 0 saturated carbocycles. The van der Waals surface area contributed by atoms with Crippen LogP contribution in [0.15, 0.2) is 48.5 Å². The number of rotatable bonds is 13. The summed E-state index contributed by atoms with van der Waals surface area (Å²) < 4.78 is 11.3. The fourth-order valence-corrected chi connectivity index (χ4v) is 5.29. The minimum Gasteiger partial charge on any atom is -0.458 e. The maximum Gasteiger partial charge on any atom is 0.408 e. The zero-order valence-electron chi connectivity index (χ0n) is 30.5. The van der Waals surface area contributed by atoms with Crippen LogP contribution >= 0.6 is 0 Å². The van der Waals surface area contributed by atoms with E-state index >= 15 is 0 Å². The van der Waals surface area contributed by atoms with Crippen molar-refractivity contribution in [1.82, 2.24) is 15.5 Å². The molecular weight excluding hydrogens is 594 g/mol. The molecule has 0 aliphatic carbocycles. The number of hydrogen-bond donors (Lipinski definition) is 2. The topological polar surface area (TPSA) is 114 Å². The number of carbonyl (C=O) groups is 4. The lowest BCUT2D eigenvalue weighted by Crippen LogP contribution is -2.58. The normalized spacial score (nSPS) is 15.0. The van der Waals surface area contributed by atoms with Crippen LogP contribution < -0.4 is 10.6 Å². The lowest BCUT2D eigenvalue weighted by molar-refractivity contribution is -0.159. The fourth-order valence-electron chi connectivity index (χ4n) is 5.29. The van der Waals surface area contributed by atoms with Crippen LogP contribution in [0.1, 0.15) is 110 Å². The Bertz CT molecular complexity index is 1360. The second kappa shape index (κ2) is 16.8. The Labute approximate surface area is 282 Å². The lowest BCUT2D eigenvalue weighted by Gasteiger charge is -2.40. The van der Waals surface area contributed by atoms with Crippen LogP contribution in [0.4, 0.5) is 4.79 Å². The molecule has 0 heterocycles. The molecule has 0 spiro atoms. The van der Waals surface area contributed by atoms with E-state index in [2.05, 4.69) is 10.6 Å². The zero-order chi connectivity index (χ0) is 35.7. The van der Waals surface area contributed by atoms with Gasteiger partial charge in [0.2, 0.25) is 11.8 Å². The highest BCUT2D eigenvalue weighted by molar-refractivity contribution is 5.94. The number of aryl methyl sites for hydroxylation is 2. The number of alkyl carbamates (subject to hydrolysis) is 1. The molecule has 2 aromatic rings. The summed E-state index contributed by atoms with van der Waals surface area (Å²) in [6, 6.07) is 11.6. The monoisotopic (exact) mass is 651 g/mol. The molecule has 47 heavy (non-hydrogen) atoms. The number of amides is 3. The molecule has 3 amide bonds. The van der Waals surface area contributed by atoms with Gasteiger partial charge in [-0.1, -0.05) is 81.3 Å². The van der Waals surface area contributed by atoms with E-state index < -0.39 is 59.2 Å². The third kappa shape index (κ3) is 12.0. The molecule has 0 saturated heterocycles. The first kappa shape index (κ1) is 39.3. The molecule has 5 atom stereocenters. The van der Waals surface area contributed by atoms with E-state index in [0.29, 0.717) is 18.4 Å². The zero-order valence-corrected chi connectivity index (χ0v) is 30.5. The number of carbonyl (C=O) groups excluding carboxylic acids is 4. The van der Waals surface area contributed by atoms with E-state index in [-0.39, 0.29) is 12.3 Å². The van der Waals surface area contributed by atoms with Gasteiger partial charge in [-0.2, -0.15) is 0 Å². The number of ether oxygens (including phenoxy) is 2. The van der Waals surface area contributed by atoms with Crippen LogP contribution in [0.3, 0.4) is 0 Å². The van der Waals surface area contributed by atoms with E-state index in [1.807, 2.05) is 90.1 Å². The molecule has 0 aliphatic rings. The molecule has 2 aromatic carbocycles. The molecule has 0 fully saturated rings. The maximum atomic E-state index is 14.7. The molecule has 2 N–H and O–H groups in total. The number of benzene rings is 2. The van der Waals surface area contributed by atoms with Crippen molar-refractivity contribution in [2.45, 2.75) is 138 Å². The van der Waals surface area contributed by atoms with Crippen molar-refractivity contribution >= 4 is 23.9 Å². The minimum absolute atomic E-state index is 0.202. The van der Waals surface area contributed by atoms with Crippen molar-refractivity contribution in [3.63, 3.8) is 0 Å². The molecule has 0 aromatic heterocycles. The van der Waals surface area contributed by atoms with Gasteiger partial charge in [-0.25, -0.2) is 9.59 Å². The van der Waals surface area contributed by atoms with Crippen molar-refractivity contribution in [3.05, 3.63) is 70.8 Å². The van der Waals surface area contributed by atoms with E-state index in [0.717, 1.165) is 16.7 Å². The van der Waals surface area contributed by atoms with Crippen molar-refractivity contribution in [1.29, 1.82) is 0 Å². The van der Waals surface area contributed by atoms with Gasteiger partial charge in [0.15, 0.2) is 0 Å². The summed E-state index contributed by atoms with van der Waals surface area (Å²) >= 11 is 0. The number of esters is 1. The third-order valence-electron chi connectivity index (χ3n) is 8.01. The second-order valence-electron chi connectivity index (χ2n) is 14.6. The Morgan fingerprint density at radius 3 is 1.91 bits per heavy atom. The van der Waals surface area contributed by atoms with Crippen molar-refractivity contribution in [2.24, 2.45) is 5.92 Å². The Kier molecular flexibility index (Phi) is 14.0. The van der Waals surface area contributed by atoms with Gasteiger partial charge in [-0.3, -0.25) is 9.59 Å². The average Bonchev–Trinajstić information content (AvgIpc) is 2.96. The molecule has 5 unspecified atom stereocenters. The first-order valence-electron chi connectivity index (χ1n) is 16.7. The van der Waals surface area contributed by atoms with Crippen LogP contribution in [-0.2, 0) is 30.3 Å². The number of nitrogens with one attached hydrogen (secondary N) is 2. The molecule has 0 bridgehead atoms. The summed E-state index contributed by atoms with van der Waals surface area (Å²) in [6.45, 7) is 22.1. The number of hydrogen-bond acceptors (Lipinski definition) is 6. The Hall–Kier alpha value is -3.88. The highest BCUT2D eigenvalue weighted by Crippen LogP contribution is 2.31. The molecule has 2 rings (SSSR count). The van der Waals surface area contributed by atoms with Crippen LogP contribution in [0.2, 0.25) is 0 Å². The lowest BCUT2D eigenvalue weighted by atomic mass is 9.92. The van der Waals surface area contributed by atoms with Gasteiger partial charge in [0.25, 0.3) is 0 Å². The van der Waals surface area contributed by atoms with E-state index in [4.69, 9.17) is 9.47 Å². The highest BCUT2D eigenvalue weighted by atomic mass is 16.6. The van der Waals surface area contributed by atoms with E-state index in [9.17, 15) is 19.2 Å². The van der Waals surface area contributed by atoms with Gasteiger partial charge < -0.3 is 25.0 Å². The van der Waals surface area contributed by atoms with E-state index in [1.165, 1.54) is 0 Å². The summed E-state index contributed by atoms with van der Waals surface area (Å²) in [5.74, 6) is -1.76. The quantitative estimate of drug-likeness (QED) is 0.226. The second-order valence-corrected chi connectivity index (χ2v) is 14.6. The van der Waals surface area contributed by atoms with Crippen LogP contribution in [0.25, 0.3) is 0 Å². The third-order valence-corrected chi connectivity index (χ3v) is 8.01. The van der Waals surface area contributed by atoms with Gasteiger partial charge in [-0.15, -0.1) is 0 Å². The van der Waals surface area contributed by atoms with Gasteiger partial charge >= 0.3 is 12.1 Å². The van der Waals surface area contributed by atoms with Gasteiger partial charge in [0.05, 0.1) is 0 Å². The standard InChI is InChI=1S/C38H57N3O6/c1-13-25(4)31(40-36(45)47-38(10,11)12)34(43)41(27(6)14-2)32(29-21-20-24(3)22-26(29)5)33(42)39-30(35(44)46-37(7,8)9)23-28-18-16-15-17-19-28/h15-22,25,27,30-32H,13-14,23H2,1-12H3,(H,39,42)(H,40,45). The summed E-state index contributed by atoms with van der Waals surface area (Å²) in [6.07, 6.45) is 0.632. The smallest absolute Gasteiger partial charge is 0.408 e. The van der Waals surface area contributed by atoms with Crippen LogP contribution in [0, 0.1) is 19.8 Å². The highest BCUT2D eigenvalue weighted by Gasteiger charge is 2.42. The largest absolute Gasteiger partial charge is 0.458 e. The molecule has 9 nitrogen and oxygen atoms in total. The molecule has 9 heteroatoms. The van der Waals surface area contributed by atoms with E-state index in [1.54, 1.807) is 46.4 Å². The minimum atomic E-state index is -1.11. The predicted molar refractivity (Wildman–Crippen MR) is 186 cm³/mol. The SMILES string of the molecule is CCC(C)C(NC(=O)OC(C)(C)C)C(=O)N(C(C)CC)C(C(=O)NC(Cc1ccccc1)C(=O)OC(C)(C)C)c1ccc(C)cc1C. The van der Waals surface area contributed by atoms with Crippen molar-refractivity contribution in [3.8, 4) is 0 Å². The summed E-state index contributed by atoms with van der Waals surface area (Å²) in [4.78, 5) is 57.5. The maximum absolute atomic E-state index is 14.7. The Balaban J connectivity index is 2.70. The van der Waals surface area contributed by atoms with Crippen LogP contribution in [0.5, 0.6) is 0 Å². The van der Waals surface area contributed by atoms with Gasteiger partial charge in [0, 0.05) is 12.5 Å². The number of nitrogens with zero attached hydrogens (tertiary/aromatic N) is 1. The summed E-state index contributed by atoms with van der Waals surface area (Å²) in [5.41, 5.74) is 1.76. The first-order chi connectivity index (χ1) is 21.8. The molecule has 0 aliphatic heterocycles. The van der Waals surface area contributed by atoms with Crippen molar-refractivity contribution in [2.75, 3.05) is 0 Å². The fraction of sp³-hybridized carbons (Fsp3) is 0.579. The summed E-state index contributed by atoms with van der Waals surface area (Å²) in [7, 11) is 0. The van der Waals surface area contributed by atoms with Gasteiger partial charge in [0.1, 0.15) is 29.3 Å². The average molecular weight is 652 g/mol. The van der Waals surface area contributed by atoms with Crippen LogP contribution in [-0.4, -0.2) is 58.1 Å².